The zero-order chi connectivity index (χ0) is 17.6. The van der Waals surface area contributed by atoms with Gasteiger partial charge in [-0.3, -0.25) is 9.59 Å². The highest BCUT2D eigenvalue weighted by molar-refractivity contribution is 7.13. The van der Waals surface area contributed by atoms with Crippen LogP contribution in [0.15, 0.2) is 29.6 Å². The Bertz CT molecular complexity index is 756. The van der Waals surface area contributed by atoms with Crippen LogP contribution in [0.4, 0.5) is 5.13 Å². The van der Waals surface area contributed by atoms with Crippen LogP contribution in [0.1, 0.15) is 24.1 Å². The maximum Gasteiger partial charge on any atom is 0.229 e. The summed E-state index contributed by atoms with van der Waals surface area (Å²) in [6, 6.07) is 7.79. The molecule has 0 unspecified atom stereocenters. The molecule has 1 heterocycles. The molecule has 132 valence electrons. The van der Waals surface area contributed by atoms with E-state index in [4.69, 9.17) is 4.74 Å². The summed E-state index contributed by atoms with van der Waals surface area (Å²) < 4.78 is 5.19. The van der Waals surface area contributed by atoms with Gasteiger partial charge in [0, 0.05) is 17.8 Å². The number of amides is 2. The number of carbonyl (C=O) groups is 2. The second-order valence-corrected chi connectivity index (χ2v) is 6.89. The molecule has 2 amide bonds. The van der Waals surface area contributed by atoms with Crippen molar-refractivity contribution in [2.24, 2.45) is 5.92 Å². The molecule has 1 fully saturated rings. The lowest BCUT2D eigenvalue weighted by atomic mass is 10.1. The van der Waals surface area contributed by atoms with Crippen molar-refractivity contribution in [2.75, 3.05) is 19.0 Å². The first kappa shape index (κ1) is 17.4. The second kappa shape index (κ2) is 8.11. The number of rotatable bonds is 8. The van der Waals surface area contributed by atoms with E-state index in [9.17, 15) is 9.59 Å². The minimum atomic E-state index is -0.0757. The number of nitrogens with one attached hydrogen (secondary N) is 2. The standard InChI is InChI=1S/C18H21N3O3S/c1-24-15-4-2-3-12(9-15)7-8-19-16(22)10-14-11-25-18(20-14)21-17(23)13-5-6-13/h2-4,9,11,13H,5-8,10H2,1H3,(H,19,22)(H,20,21,23). The van der Waals surface area contributed by atoms with Gasteiger partial charge in [-0.25, -0.2) is 4.98 Å². The summed E-state index contributed by atoms with van der Waals surface area (Å²) >= 11 is 1.35. The van der Waals surface area contributed by atoms with Gasteiger partial charge in [-0.05, 0) is 37.0 Å². The monoisotopic (exact) mass is 359 g/mol. The van der Waals surface area contributed by atoms with Crippen molar-refractivity contribution in [3.8, 4) is 5.75 Å². The Morgan fingerprint density at radius 1 is 1.36 bits per heavy atom. The maximum absolute atomic E-state index is 12.0. The Labute approximate surface area is 150 Å². The number of ether oxygens (including phenoxy) is 1. The molecule has 1 saturated carbocycles. The van der Waals surface area contributed by atoms with Crippen LogP contribution in [0.5, 0.6) is 5.75 Å². The van der Waals surface area contributed by atoms with Crippen LogP contribution in [0, 0.1) is 5.92 Å². The zero-order valence-corrected chi connectivity index (χ0v) is 14.9. The van der Waals surface area contributed by atoms with Crippen LogP contribution in [-0.2, 0) is 22.4 Å². The van der Waals surface area contributed by atoms with Gasteiger partial charge in [0.25, 0.3) is 0 Å². The smallest absolute Gasteiger partial charge is 0.229 e. The lowest BCUT2D eigenvalue weighted by Crippen LogP contribution is -2.27. The molecule has 1 aromatic carbocycles. The number of hydrogen-bond donors (Lipinski definition) is 2. The largest absolute Gasteiger partial charge is 0.497 e. The molecular weight excluding hydrogens is 338 g/mol. The molecule has 1 aliphatic rings. The fourth-order valence-corrected chi connectivity index (χ4v) is 3.11. The Kier molecular flexibility index (Phi) is 5.65. The summed E-state index contributed by atoms with van der Waals surface area (Å²) in [7, 11) is 1.63. The highest BCUT2D eigenvalue weighted by Crippen LogP contribution is 2.30. The fourth-order valence-electron chi connectivity index (χ4n) is 2.40. The van der Waals surface area contributed by atoms with Crippen molar-refractivity contribution in [3.63, 3.8) is 0 Å². The molecule has 25 heavy (non-hydrogen) atoms. The van der Waals surface area contributed by atoms with Crippen molar-refractivity contribution in [1.29, 1.82) is 0 Å². The van der Waals surface area contributed by atoms with Crippen molar-refractivity contribution < 1.29 is 14.3 Å². The molecule has 3 rings (SSSR count). The molecular formula is C18H21N3O3S. The summed E-state index contributed by atoms with van der Waals surface area (Å²) in [6.45, 7) is 0.557. The summed E-state index contributed by atoms with van der Waals surface area (Å²) in [4.78, 5) is 28.0. The molecule has 0 bridgehead atoms. The lowest BCUT2D eigenvalue weighted by molar-refractivity contribution is -0.120. The normalized spacial score (nSPS) is 13.3. The molecule has 2 aromatic rings. The number of methoxy groups -OCH3 is 1. The molecule has 0 radical (unpaired) electrons. The molecule has 0 atom stereocenters. The minimum absolute atomic E-state index is 0.0311. The number of nitrogens with zero attached hydrogens (tertiary/aromatic N) is 1. The molecule has 0 aliphatic heterocycles. The predicted octanol–water partition coefficient (Wildman–Crippen LogP) is 2.40. The van der Waals surface area contributed by atoms with E-state index in [-0.39, 0.29) is 24.2 Å². The molecule has 7 heteroatoms. The first-order chi connectivity index (χ1) is 12.1. The zero-order valence-electron chi connectivity index (χ0n) is 14.1. The first-order valence-electron chi connectivity index (χ1n) is 8.29. The maximum atomic E-state index is 12.0. The number of thiazole rings is 1. The average Bonchev–Trinajstić information content (AvgIpc) is 3.37. The SMILES string of the molecule is COc1cccc(CCNC(=O)Cc2csc(NC(=O)C3CC3)n2)c1. The Morgan fingerprint density at radius 3 is 2.96 bits per heavy atom. The second-order valence-electron chi connectivity index (χ2n) is 6.04. The number of carbonyl (C=O) groups excluding carboxylic acids is 2. The molecule has 6 nitrogen and oxygen atoms in total. The van der Waals surface area contributed by atoms with Gasteiger partial charge in [0.15, 0.2) is 5.13 Å². The van der Waals surface area contributed by atoms with E-state index in [1.807, 2.05) is 29.6 Å². The highest BCUT2D eigenvalue weighted by Gasteiger charge is 2.30. The summed E-state index contributed by atoms with van der Waals surface area (Å²) in [5, 5.41) is 8.07. The predicted molar refractivity (Wildman–Crippen MR) is 96.9 cm³/mol. The van der Waals surface area contributed by atoms with Gasteiger partial charge in [0.1, 0.15) is 5.75 Å². The highest BCUT2D eigenvalue weighted by atomic mass is 32.1. The molecule has 0 saturated heterocycles. The van der Waals surface area contributed by atoms with Gasteiger partial charge in [0.2, 0.25) is 11.8 Å². The molecule has 1 aliphatic carbocycles. The van der Waals surface area contributed by atoms with Crippen molar-refractivity contribution in [3.05, 3.63) is 40.9 Å². The van der Waals surface area contributed by atoms with Gasteiger partial charge in [-0.15, -0.1) is 11.3 Å². The van der Waals surface area contributed by atoms with Crippen molar-refractivity contribution >= 4 is 28.3 Å². The quantitative estimate of drug-likeness (QED) is 0.758. The van der Waals surface area contributed by atoms with Crippen molar-refractivity contribution in [2.45, 2.75) is 25.7 Å². The topological polar surface area (TPSA) is 80.3 Å². The molecule has 2 N–H and O–H groups in total. The van der Waals surface area contributed by atoms with Crippen LogP contribution in [0.2, 0.25) is 0 Å². The first-order valence-corrected chi connectivity index (χ1v) is 9.17. The van der Waals surface area contributed by atoms with Crippen LogP contribution in [0.3, 0.4) is 0 Å². The van der Waals surface area contributed by atoms with E-state index < -0.39 is 0 Å². The number of anilines is 1. The third-order valence-electron chi connectivity index (χ3n) is 3.94. The van der Waals surface area contributed by atoms with E-state index in [2.05, 4.69) is 15.6 Å². The van der Waals surface area contributed by atoms with Gasteiger partial charge < -0.3 is 15.4 Å². The summed E-state index contributed by atoms with van der Waals surface area (Å²) in [6.07, 6.45) is 2.87. The fraction of sp³-hybridized carbons (Fsp3) is 0.389. The lowest BCUT2D eigenvalue weighted by Gasteiger charge is -2.06. The van der Waals surface area contributed by atoms with Crippen LogP contribution >= 0.6 is 11.3 Å². The van der Waals surface area contributed by atoms with Gasteiger partial charge in [-0.2, -0.15) is 0 Å². The summed E-state index contributed by atoms with van der Waals surface area (Å²) in [5.74, 6) is 0.913. The van der Waals surface area contributed by atoms with Crippen LogP contribution in [0.25, 0.3) is 0 Å². The van der Waals surface area contributed by atoms with E-state index in [0.717, 1.165) is 30.6 Å². The summed E-state index contributed by atoms with van der Waals surface area (Å²) in [5.41, 5.74) is 1.79. The van der Waals surface area contributed by atoms with E-state index >= 15 is 0 Å². The number of benzene rings is 1. The van der Waals surface area contributed by atoms with E-state index in [1.54, 1.807) is 7.11 Å². The van der Waals surface area contributed by atoms with Crippen molar-refractivity contribution in [1.82, 2.24) is 10.3 Å². The van der Waals surface area contributed by atoms with E-state index in [1.165, 1.54) is 11.3 Å². The van der Waals surface area contributed by atoms with E-state index in [0.29, 0.717) is 17.4 Å². The average molecular weight is 359 g/mol. The Morgan fingerprint density at radius 2 is 2.20 bits per heavy atom. The van der Waals surface area contributed by atoms with Gasteiger partial charge in [0.05, 0.1) is 19.2 Å². The number of hydrogen-bond acceptors (Lipinski definition) is 5. The third-order valence-corrected chi connectivity index (χ3v) is 4.75. The molecule has 0 spiro atoms. The third kappa shape index (κ3) is 5.29. The van der Waals surface area contributed by atoms with Crippen LogP contribution in [-0.4, -0.2) is 30.5 Å². The minimum Gasteiger partial charge on any atom is -0.497 e. The number of aromatic nitrogens is 1. The molecule has 1 aromatic heterocycles. The van der Waals surface area contributed by atoms with Gasteiger partial charge in [-0.1, -0.05) is 12.1 Å². The Balaban J connectivity index is 1.41. The Hall–Kier alpha value is -2.41. The van der Waals surface area contributed by atoms with Crippen LogP contribution < -0.4 is 15.4 Å². The van der Waals surface area contributed by atoms with Gasteiger partial charge >= 0.3 is 0 Å².